The van der Waals surface area contributed by atoms with E-state index < -0.39 is 5.60 Å². The standard InChI is InChI=1S/C12H18O2/c1-4-7-11(13)12(14-3)9-6-5-8-10(12)2/h6,8-9H,4-5,7H2,1-3H3. The summed E-state index contributed by atoms with van der Waals surface area (Å²) >= 11 is 0. The Morgan fingerprint density at radius 2 is 2.36 bits per heavy atom. The first-order valence-electron chi connectivity index (χ1n) is 5.10. The maximum absolute atomic E-state index is 11.9. The van der Waals surface area contributed by atoms with Crippen LogP contribution in [0.25, 0.3) is 0 Å². The number of ketones is 1. The van der Waals surface area contributed by atoms with Gasteiger partial charge in [-0.2, -0.15) is 0 Å². The molecule has 0 N–H and O–H groups in total. The summed E-state index contributed by atoms with van der Waals surface area (Å²) in [7, 11) is 1.60. The van der Waals surface area contributed by atoms with Crippen molar-refractivity contribution in [2.24, 2.45) is 0 Å². The Morgan fingerprint density at radius 3 is 2.86 bits per heavy atom. The summed E-state index contributed by atoms with van der Waals surface area (Å²) < 4.78 is 5.40. The van der Waals surface area contributed by atoms with E-state index in [-0.39, 0.29) is 5.78 Å². The van der Waals surface area contributed by atoms with Gasteiger partial charge in [0.1, 0.15) is 0 Å². The predicted molar refractivity (Wildman–Crippen MR) is 57.2 cm³/mol. The molecular weight excluding hydrogens is 176 g/mol. The number of Topliss-reactive ketones (excluding diaryl/α,β-unsaturated/α-hetero) is 1. The van der Waals surface area contributed by atoms with Gasteiger partial charge in [0.25, 0.3) is 0 Å². The van der Waals surface area contributed by atoms with Crippen LogP contribution in [0.15, 0.2) is 23.8 Å². The molecule has 2 nitrogen and oxygen atoms in total. The average Bonchev–Trinajstić information content (AvgIpc) is 2.19. The maximum Gasteiger partial charge on any atom is 0.172 e. The van der Waals surface area contributed by atoms with E-state index in [9.17, 15) is 4.79 Å². The van der Waals surface area contributed by atoms with Crippen LogP contribution in [0, 0.1) is 0 Å². The molecular formula is C12H18O2. The molecule has 1 aliphatic rings. The van der Waals surface area contributed by atoms with Crippen LogP contribution < -0.4 is 0 Å². The molecule has 0 fully saturated rings. The van der Waals surface area contributed by atoms with Crippen molar-refractivity contribution in [2.45, 2.75) is 38.7 Å². The summed E-state index contributed by atoms with van der Waals surface area (Å²) in [5.74, 6) is 0.159. The van der Waals surface area contributed by atoms with E-state index >= 15 is 0 Å². The lowest BCUT2D eigenvalue weighted by Gasteiger charge is -2.31. The van der Waals surface area contributed by atoms with Crippen LogP contribution in [0.1, 0.15) is 33.1 Å². The van der Waals surface area contributed by atoms with Crippen LogP contribution in [0.2, 0.25) is 0 Å². The third kappa shape index (κ3) is 1.80. The highest BCUT2D eigenvalue weighted by Crippen LogP contribution is 2.29. The van der Waals surface area contributed by atoms with Gasteiger partial charge in [-0.05, 0) is 31.4 Å². The lowest BCUT2D eigenvalue weighted by atomic mass is 9.84. The SMILES string of the molecule is CCCC(=O)C1(OC)C=CCC=C1C. The molecule has 0 heterocycles. The van der Waals surface area contributed by atoms with E-state index in [1.54, 1.807) is 7.11 Å². The molecule has 1 aliphatic carbocycles. The normalized spacial score (nSPS) is 26.1. The summed E-state index contributed by atoms with van der Waals surface area (Å²) in [6.45, 7) is 3.97. The van der Waals surface area contributed by atoms with Gasteiger partial charge in [0.2, 0.25) is 0 Å². The number of ether oxygens (including phenoxy) is 1. The number of hydrogen-bond acceptors (Lipinski definition) is 2. The Bertz CT molecular complexity index is 276. The van der Waals surface area contributed by atoms with Gasteiger partial charge in [0, 0.05) is 13.5 Å². The fraction of sp³-hybridized carbons (Fsp3) is 0.583. The minimum atomic E-state index is -0.770. The topological polar surface area (TPSA) is 26.3 Å². The minimum Gasteiger partial charge on any atom is -0.362 e. The molecule has 0 aromatic rings. The molecule has 2 heteroatoms. The van der Waals surface area contributed by atoms with E-state index in [0.717, 1.165) is 18.4 Å². The van der Waals surface area contributed by atoms with Gasteiger partial charge in [-0.25, -0.2) is 0 Å². The largest absolute Gasteiger partial charge is 0.362 e. The van der Waals surface area contributed by atoms with Gasteiger partial charge in [-0.3, -0.25) is 4.79 Å². The van der Waals surface area contributed by atoms with Gasteiger partial charge in [-0.15, -0.1) is 0 Å². The molecule has 78 valence electrons. The third-order valence-corrected chi connectivity index (χ3v) is 2.71. The van der Waals surface area contributed by atoms with Gasteiger partial charge >= 0.3 is 0 Å². The van der Waals surface area contributed by atoms with Crippen LogP contribution in [-0.4, -0.2) is 18.5 Å². The fourth-order valence-corrected chi connectivity index (χ4v) is 1.83. The van der Waals surface area contributed by atoms with Gasteiger partial charge < -0.3 is 4.74 Å². The summed E-state index contributed by atoms with van der Waals surface area (Å²) in [6.07, 6.45) is 8.27. The first-order valence-corrected chi connectivity index (χ1v) is 5.10. The van der Waals surface area contributed by atoms with E-state index in [4.69, 9.17) is 4.74 Å². The molecule has 0 amide bonds. The summed E-state index contributed by atoms with van der Waals surface area (Å²) in [6, 6.07) is 0. The number of hydrogen-bond donors (Lipinski definition) is 0. The number of allylic oxidation sites excluding steroid dienone is 2. The Hall–Kier alpha value is -0.890. The van der Waals surface area contributed by atoms with Gasteiger partial charge in [0.15, 0.2) is 11.4 Å². The van der Waals surface area contributed by atoms with Crippen molar-refractivity contribution in [3.05, 3.63) is 23.8 Å². The van der Waals surface area contributed by atoms with Crippen molar-refractivity contribution < 1.29 is 9.53 Å². The third-order valence-electron chi connectivity index (χ3n) is 2.71. The molecule has 14 heavy (non-hydrogen) atoms. The molecule has 1 atom stereocenters. The first kappa shape index (κ1) is 11.2. The molecule has 0 saturated heterocycles. The molecule has 0 aromatic carbocycles. The van der Waals surface area contributed by atoms with Crippen LogP contribution >= 0.6 is 0 Å². The van der Waals surface area contributed by atoms with Gasteiger partial charge in [-0.1, -0.05) is 19.1 Å². The Morgan fingerprint density at radius 1 is 1.64 bits per heavy atom. The van der Waals surface area contributed by atoms with Crippen LogP contribution in [0.5, 0.6) is 0 Å². The van der Waals surface area contributed by atoms with E-state index in [0.29, 0.717) is 6.42 Å². The molecule has 0 aliphatic heterocycles. The lowest BCUT2D eigenvalue weighted by molar-refractivity contribution is -0.132. The molecule has 0 aromatic heterocycles. The smallest absolute Gasteiger partial charge is 0.172 e. The Kier molecular flexibility index (Phi) is 3.64. The van der Waals surface area contributed by atoms with Crippen molar-refractivity contribution in [3.63, 3.8) is 0 Å². The molecule has 0 spiro atoms. The zero-order chi connectivity index (χ0) is 10.6. The van der Waals surface area contributed by atoms with E-state index in [1.165, 1.54) is 0 Å². The number of methoxy groups -OCH3 is 1. The maximum atomic E-state index is 11.9. The Labute approximate surface area is 85.6 Å². The van der Waals surface area contributed by atoms with Crippen molar-refractivity contribution in [2.75, 3.05) is 7.11 Å². The average molecular weight is 194 g/mol. The number of carbonyl (C=O) groups excluding carboxylic acids is 1. The number of rotatable bonds is 4. The van der Waals surface area contributed by atoms with Crippen molar-refractivity contribution >= 4 is 5.78 Å². The van der Waals surface area contributed by atoms with Crippen molar-refractivity contribution in [3.8, 4) is 0 Å². The lowest BCUT2D eigenvalue weighted by Crippen LogP contribution is -2.40. The predicted octanol–water partition coefficient (Wildman–Crippen LogP) is 2.65. The number of carbonyl (C=O) groups is 1. The summed E-state index contributed by atoms with van der Waals surface area (Å²) in [5.41, 5.74) is 0.245. The quantitative estimate of drug-likeness (QED) is 0.643. The first-order chi connectivity index (χ1) is 6.67. The summed E-state index contributed by atoms with van der Waals surface area (Å²) in [4.78, 5) is 11.9. The second kappa shape index (κ2) is 4.56. The molecule has 0 saturated carbocycles. The highest BCUT2D eigenvalue weighted by Gasteiger charge is 2.37. The Balaban J connectivity index is 2.95. The molecule has 1 rings (SSSR count). The van der Waals surface area contributed by atoms with Crippen LogP contribution in [-0.2, 0) is 9.53 Å². The molecule has 0 radical (unpaired) electrons. The zero-order valence-corrected chi connectivity index (χ0v) is 9.17. The monoisotopic (exact) mass is 194 g/mol. The highest BCUT2D eigenvalue weighted by molar-refractivity contribution is 5.93. The highest BCUT2D eigenvalue weighted by atomic mass is 16.5. The van der Waals surface area contributed by atoms with Gasteiger partial charge in [0.05, 0.1) is 0 Å². The van der Waals surface area contributed by atoms with Crippen LogP contribution in [0.3, 0.4) is 0 Å². The van der Waals surface area contributed by atoms with E-state index in [1.807, 2.05) is 26.0 Å². The van der Waals surface area contributed by atoms with Crippen LogP contribution in [0.4, 0.5) is 0 Å². The second-order valence-corrected chi connectivity index (χ2v) is 3.64. The van der Waals surface area contributed by atoms with E-state index in [2.05, 4.69) is 6.08 Å². The second-order valence-electron chi connectivity index (χ2n) is 3.64. The minimum absolute atomic E-state index is 0.159. The zero-order valence-electron chi connectivity index (χ0n) is 9.17. The molecule has 0 bridgehead atoms. The summed E-state index contributed by atoms with van der Waals surface area (Å²) in [5, 5.41) is 0. The molecule has 1 unspecified atom stereocenters. The van der Waals surface area contributed by atoms with Crippen molar-refractivity contribution in [1.29, 1.82) is 0 Å². The van der Waals surface area contributed by atoms with Crippen molar-refractivity contribution in [1.82, 2.24) is 0 Å². The fourth-order valence-electron chi connectivity index (χ4n) is 1.83.